The van der Waals surface area contributed by atoms with Gasteiger partial charge in [-0.1, -0.05) is 7.43 Å². The van der Waals surface area contributed by atoms with E-state index in [1.54, 1.807) is 4.90 Å². The molecular formula is C11H24N2O3. The van der Waals surface area contributed by atoms with Gasteiger partial charge < -0.3 is 20.5 Å². The second kappa shape index (κ2) is 5.01. The number of hydrogen-bond donors (Lipinski definition) is 2. The first-order valence-corrected chi connectivity index (χ1v) is 5.19. The second-order valence-corrected chi connectivity index (χ2v) is 5.07. The normalized spacial score (nSPS) is 19.9. The Bertz CT molecular complexity index is 236. The van der Waals surface area contributed by atoms with Gasteiger partial charge in [0, 0.05) is 25.9 Å². The molecule has 0 aromatic rings. The molecule has 1 aliphatic heterocycles. The minimum Gasteiger partial charge on any atom is -0.444 e. The maximum atomic E-state index is 11.6. The van der Waals surface area contributed by atoms with E-state index < -0.39 is 11.3 Å². The van der Waals surface area contributed by atoms with Crippen molar-refractivity contribution in [3.8, 4) is 0 Å². The minimum absolute atomic E-state index is 0. The van der Waals surface area contributed by atoms with E-state index in [2.05, 4.69) is 0 Å². The Labute approximate surface area is 97.6 Å². The number of amides is 1. The molecule has 1 heterocycles. The average Bonchev–Trinajstić information content (AvgIpc) is 2.00. The first-order chi connectivity index (χ1) is 6.70. The van der Waals surface area contributed by atoms with Gasteiger partial charge in [-0.25, -0.2) is 4.79 Å². The van der Waals surface area contributed by atoms with Crippen molar-refractivity contribution in [3.05, 3.63) is 0 Å². The van der Waals surface area contributed by atoms with E-state index >= 15 is 0 Å². The van der Waals surface area contributed by atoms with E-state index in [1.165, 1.54) is 0 Å². The molecule has 1 aliphatic rings. The van der Waals surface area contributed by atoms with Crippen molar-refractivity contribution < 1.29 is 14.6 Å². The average molecular weight is 232 g/mol. The third-order valence-corrected chi connectivity index (χ3v) is 2.28. The molecule has 5 nitrogen and oxygen atoms in total. The van der Waals surface area contributed by atoms with Crippen LogP contribution in [-0.2, 0) is 4.74 Å². The SMILES string of the molecule is C.CC(C)(C)OC(=O)N1CCC(N)(O)CC1. The molecule has 0 unspecified atom stereocenters. The van der Waals surface area contributed by atoms with Gasteiger partial charge in [0.25, 0.3) is 0 Å². The molecule has 0 saturated carbocycles. The highest BCUT2D eigenvalue weighted by Gasteiger charge is 2.32. The van der Waals surface area contributed by atoms with Crippen LogP contribution >= 0.6 is 0 Å². The smallest absolute Gasteiger partial charge is 0.410 e. The van der Waals surface area contributed by atoms with Crippen LogP contribution in [0.4, 0.5) is 4.79 Å². The molecule has 1 amide bonds. The van der Waals surface area contributed by atoms with Crippen LogP contribution in [0.25, 0.3) is 0 Å². The van der Waals surface area contributed by atoms with Gasteiger partial charge in [-0.3, -0.25) is 0 Å². The quantitative estimate of drug-likeness (QED) is 0.617. The zero-order chi connectivity index (χ0) is 11.7. The largest absolute Gasteiger partial charge is 0.444 e. The molecule has 16 heavy (non-hydrogen) atoms. The zero-order valence-corrected chi connectivity index (χ0v) is 9.62. The monoisotopic (exact) mass is 232 g/mol. The van der Waals surface area contributed by atoms with E-state index in [0.717, 1.165) is 0 Å². The molecule has 5 heteroatoms. The first kappa shape index (κ1) is 15.2. The molecule has 0 atom stereocenters. The maximum absolute atomic E-state index is 11.6. The van der Waals surface area contributed by atoms with E-state index in [9.17, 15) is 9.90 Å². The Morgan fingerprint density at radius 3 is 2.19 bits per heavy atom. The minimum atomic E-state index is -1.13. The highest BCUT2D eigenvalue weighted by atomic mass is 16.6. The van der Waals surface area contributed by atoms with Crippen LogP contribution in [0.5, 0.6) is 0 Å². The first-order valence-electron chi connectivity index (χ1n) is 5.19. The summed E-state index contributed by atoms with van der Waals surface area (Å²) < 4.78 is 5.21. The Morgan fingerprint density at radius 1 is 1.38 bits per heavy atom. The number of hydrogen-bond acceptors (Lipinski definition) is 4. The number of nitrogens with zero attached hydrogens (tertiary/aromatic N) is 1. The molecular weight excluding hydrogens is 208 g/mol. The highest BCUT2D eigenvalue weighted by molar-refractivity contribution is 5.68. The number of carbonyl (C=O) groups excluding carboxylic acids is 1. The summed E-state index contributed by atoms with van der Waals surface area (Å²) in [6.07, 6.45) is 0.455. The maximum Gasteiger partial charge on any atom is 0.410 e. The van der Waals surface area contributed by atoms with E-state index in [-0.39, 0.29) is 13.5 Å². The standard InChI is InChI=1S/C10H20N2O3.CH4/c1-9(2,3)15-8(13)12-6-4-10(11,14)5-7-12;/h14H,4-7,11H2,1-3H3;1H4. The molecule has 0 radical (unpaired) electrons. The number of likely N-dealkylation sites (tertiary alicyclic amines) is 1. The lowest BCUT2D eigenvalue weighted by Crippen LogP contribution is -2.52. The second-order valence-electron chi connectivity index (χ2n) is 5.07. The Hall–Kier alpha value is -0.810. The number of rotatable bonds is 0. The lowest BCUT2D eigenvalue weighted by Gasteiger charge is -2.36. The van der Waals surface area contributed by atoms with E-state index in [4.69, 9.17) is 10.5 Å². The third-order valence-electron chi connectivity index (χ3n) is 2.28. The van der Waals surface area contributed by atoms with Crippen molar-refractivity contribution in [1.82, 2.24) is 4.90 Å². The molecule has 1 rings (SSSR count). The van der Waals surface area contributed by atoms with E-state index in [1.807, 2.05) is 20.8 Å². The number of nitrogens with two attached hydrogens (primary N) is 1. The van der Waals surface area contributed by atoms with Gasteiger partial charge in [-0.15, -0.1) is 0 Å². The molecule has 0 aromatic heterocycles. The van der Waals surface area contributed by atoms with Crippen molar-refractivity contribution in [3.63, 3.8) is 0 Å². The summed E-state index contributed by atoms with van der Waals surface area (Å²) in [6.45, 7) is 6.38. The van der Waals surface area contributed by atoms with Gasteiger partial charge in [0.15, 0.2) is 0 Å². The zero-order valence-electron chi connectivity index (χ0n) is 9.62. The van der Waals surface area contributed by atoms with Gasteiger partial charge in [0.2, 0.25) is 0 Å². The molecule has 0 spiro atoms. The Balaban J connectivity index is 0.00000225. The Kier molecular flexibility index (Phi) is 4.76. The summed E-state index contributed by atoms with van der Waals surface area (Å²) in [4.78, 5) is 13.2. The fourth-order valence-corrected chi connectivity index (χ4v) is 1.40. The molecule has 96 valence electrons. The molecule has 3 N–H and O–H groups in total. The van der Waals surface area contributed by atoms with Crippen LogP contribution in [0.2, 0.25) is 0 Å². The predicted octanol–water partition coefficient (Wildman–Crippen LogP) is 1.30. The predicted molar refractivity (Wildman–Crippen MR) is 62.9 cm³/mol. The van der Waals surface area contributed by atoms with Crippen molar-refractivity contribution in [2.24, 2.45) is 5.73 Å². The fraction of sp³-hybridized carbons (Fsp3) is 0.909. The van der Waals surface area contributed by atoms with Crippen LogP contribution in [-0.4, -0.2) is 40.5 Å². The third kappa shape index (κ3) is 4.81. The van der Waals surface area contributed by atoms with Crippen molar-refractivity contribution in [2.45, 2.75) is 52.4 Å². The van der Waals surface area contributed by atoms with Crippen LogP contribution in [0.1, 0.15) is 41.0 Å². The highest BCUT2D eigenvalue weighted by Crippen LogP contribution is 2.18. The van der Waals surface area contributed by atoms with Crippen molar-refractivity contribution in [2.75, 3.05) is 13.1 Å². The number of ether oxygens (including phenoxy) is 1. The van der Waals surface area contributed by atoms with Crippen LogP contribution in [0.3, 0.4) is 0 Å². The summed E-state index contributed by atoms with van der Waals surface area (Å²) in [7, 11) is 0. The molecule has 0 aliphatic carbocycles. The summed E-state index contributed by atoms with van der Waals surface area (Å²) in [5.74, 6) is 0. The number of carbonyl (C=O) groups is 1. The topological polar surface area (TPSA) is 75.8 Å². The molecule has 0 aromatic carbocycles. The van der Waals surface area contributed by atoms with Gasteiger partial charge >= 0.3 is 6.09 Å². The summed E-state index contributed by atoms with van der Waals surface area (Å²) in [5, 5.41) is 9.51. The van der Waals surface area contributed by atoms with Gasteiger partial charge in [-0.2, -0.15) is 0 Å². The summed E-state index contributed by atoms with van der Waals surface area (Å²) in [5.41, 5.74) is 3.94. The van der Waals surface area contributed by atoms with Crippen molar-refractivity contribution >= 4 is 6.09 Å². The lowest BCUT2D eigenvalue weighted by molar-refractivity contribution is -0.0281. The number of aliphatic hydroxyl groups is 1. The van der Waals surface area contributed by atoms with Gasteiger partial charge in [0.05, 0.1) is 0 Å². The lowest BCUT2D eigenvalue weighted by atomic mass is 10.0. The van der Waals surface area contributed by atoms with Crippen LogP contribution in [0.15, 0.2) is 0 Å². The van der Waals surface area contributed by atoms with Gasteiger partial charge in [-0.05, 0) is 20.8 Å². The van der Waals surface area contributed by atoms with Crippen LogP contribution in [0, 0.1) is 0 Å². The van der Waals surface area contributed by atoms with Crippen LogP contribution < -0.4 is 5.73 Å². The fourth-order valence-electron chi connectivity index (χ4n) is 1.40. The molecule has 1 fully saturated rings. The Morgan fingerprint density at radius 2 is 1.81 bits per heavy atom. The van der Waals surface area contributed by atoms with E-state index in [0.29, 0.717) is 25.9 Å². The number of piperidine rings is 1. The molecule has 0 bridgehead atoms. The molecule has 1 saturated heterocycles. The summed E-state index contributed by atoms with van der Waals surface area (Å²) >= 11 is 0. The van der Waals surface area contributed by atoms with Gasteiger partial charge in [0.1, 0.15) is 11.3 Å². The summed E-state index contributed by atoms with van der Waals surface area (Å²) in [6, 6.07) is 0. The van der Waals surface area contributed by atoms with Crippen molar-refractivity contribution in [1.29, 1.82) is 0 Å².